The van der Waals surface area contributed by atoms with Crippen LogP contribution in [0.3, 0.4) is 0 Å². The van der Waals surface area contributed by atoms with Crippen molar-refractivity contribution in [2.45, 2.75) is 25.7 Å². The molecule has 1 fully saturated rings. The number of esters is 2. The van der Waals surface area contributed by atoms with E-state index in [9.17, 15) is 9.59 Å². The monoisotopic (exact) mass is 366 g/mol. The number of ether oxygens (including phenoxy) is 2. The maximum Gasteiger partial charge on any atom is 0.354 e. The molecule has 1 aliphatic rings. The van der Waals surface area contributed by atoms with Gasteiger partial charge in [-0.2, -0.15) is 0 Å². The van der Waals surface area contributed by atoms with Gasteiger partial charge in [0.1, 0.15) is 5.70 Å². The zero-order valence-electron chi connectivity index (χ0n) is 14.5. The Kier molecular flexibility index (Phi) is 7.13. The van der Waals surface area contributed by atoms with Gasteiger partial charge in [-0.05, 0) is 31.0 Å². The number of methoxy groups -OCH3 is 2. The highest BCUT2D eigenvalue weighted by Gasteiger charge is 2.16. The topological polar surface area (TPSA) is 67.9 Å². The van der Waals surface area contributed by atoms with Crippen LogP contribution in [0.25, 0.3) is 0 Å². The Labute approximate surface area is 152 Å². The summed E-state index contributed by atoms with van der Waals surface area (Å²) >= 11 is 6.44. The second-order valence-electron chi connectivity index (χ2n) is 5.77. The predicted octanol–water partition coefficient (Wildman–Crippen LogP) is 3.36. The van der Waals surface area contributed by atoms with Crippen molar-refractivity contribution in [3.63, 3.8) is 0 Å². The van der Waals surface area contributed by atoms with E-state index in [4.69, 9.17) is 11.6 Å². The molecule has 1 aromatic carbocycles. The number of hydrogen-bond acceptors (Lipinski definition) is 6. The lowest BCUT2D eigenvalue weighted by atomic mass is 10.2. The van der Waals surface area contributed by atoms with Gasteiger partial charge in [0.25, 0.3) is 0 Å². The van der Waals surface area contributed by atoms with Crippen LogP contribution < -0.4 is 10.2 Å². The molecular weight excluding hydrogens is 344 g/mol. The van der Waals surface area contributed by atoms with Crippen LogP contribution in [0.15, 0.2) is 30.0 Å². The highest BCUT2D eigenvalue weighted by molar-refractivity contribution is 6.33. The lowest BCUT2D eigenvalue weighted by Gasteiger charge is -2.24. The number of benzene rings is 1. The summed E-state index contributed by atoms with van der Waals surface area (Å²) in [4.78, 5) is 25.5. The number of carbonyl (C=O) groups is 2. The predicted molar refractivity (Wildman–Crippen MR) is 97.9 cm³/mol. The zero-order valence-corrected chi connectivity index (χ0v) is 15.3. The first-order chi connectivity index (χ1) is 12.0. The molecule has 0 spiro atoms. The van der Waals surface area contributed by atoms with Crippen LogP contribution in [0.4, 0.5) is 11.4 Å². The van der Waals surface area contributed by atoms with Crippen molar-refractivity contribution in [2.24, 2.45) is 0 Å². The molecular formula is C18H23ClN2O4. The number of hydrogen-bond donors (Lipinski definition) is 1. The van der Waals surface area contributed by atoms with E-state index in [1.54, 1.807) is 6.07 Å². The summed E-state index contributed by atoms with van der Waals surface area (Å²) in [6, 6.07) is 5.47. The quantitative estimate of drug-likeness (QED) is 0.636. The van der Waals surface area contributed by atoms with Gasteiger partial charge in [0, 0.05) is 18.8 Å². The summed E-state index contributed by atoms with van der Waals surface area (Å²) in [5, 5.41) is 3.45. The Hall–Kier alpha value is -2.21. The molecule has 0 saturated carbocycles. The van der Waals surface area contributed by atoms with Gasteiger partial charge >= 0.3 is 11.9 Å². The molecule has 0 radical (unpaired) electrons. The van der Waals surface area contributed by atoms with Gasteiger partial charge in [0.05, 0.1) is 31.0 Å². The number of halogens is 1. The summed E-state index contributed by atoms with van der Waals surface area (Å²) < 4.78 is 9.23. The molecule has 6 nitrogen and oxygen atoms in total. The van der Waals surface area contributed by atoms with E-state index in [1.165, 1.54) is 27.1 Å². The average molecular weight is 367 g/mol. The molecule has 136 valence electrons. The van der Waals surface area contributed by atoms with Gasteiger partial charge in [0.15, 0.2) is 0 Å². The molecule has 0 aromatic heterocycles. The maximum atomic E-state index is 11.8. The van der Waals surface area contributed by atoms with Crippen LogP contribution in [-0.4, -0.2) is 39.2 Å². The molecule has 0 unspecified atom stereocenters. The van der Waals surface area contributed by atoms with Crippen LogP contribution in [0, 0.1) is 0 Å². The van der Waals surface area contributed by atoms with E-state index in [0.717, 1.165) is 37.7 Å². The maximum absolute atomic E-state index is 11.8. The Balaban J connectivity index is 2.19. The molecule has 1 aliphatic heterocycles. The summed E-state index contributed by atoms with van der Waals surface area (Å²) in [5.74, 6) is -1.32. The zero-order chi connectivity index (χ0) is 18.2. The van der Waals surface area contributed by atoms with E-state index in [1.807, 2.05) is 12.1 Å². The van der Waals surface area contributed by atoms with Crippen LogP contribution in [0.5, 0.6) is 0 Å². The number of anilines is 2. The number of nitrogens with zero attached hydrogens (tertiary/aromatic N) is 1. The molecule has 0 atom stereocenters. The van der Waals surface area contributed by atoms with E-state index in [-0.39, 0.29) is 5.70 Å². The Morgan fingerprint density at radius 3 is 2.36 bits per heavy atom. The minimum atomic E-state index is -0.668. The molecule has 1 aromatic rings. The minimum absolute atomic E-state index is 0.0204. The molecule has 1 N–H and O–H groups in total. The Bertz CT molecular complexity index is 652. The van der Waals surface area contributed by atoms with Crippen molar-refractivity contribution in [3.8, 4) is 0 Å². The van der Waals surface area contributed by atoms with Crippen molar-refractivity contribution in [2.75, 3.05) is 37.5 Å². The Morgan fingerprint density at radius 2 is 1.80 bits per heavy atom. The van der Waals surface area contributed by atoms with Crippen molar-refractivity contribution >= 4 is 34.9 Å². The third-order valence-electron chi connectivity index (χ3n) is 4.04. The van der Waals surface area contributed by atoms with Gasteiger partial charge < -0.3 is 19.7 Å². The van der Waals surface area contributed by atoms with Crippen molar-refractivity contribution < 1.29 is 19.1 Å². The second kappa shape index (κ2) is 9.32. The molecule has 7 heteroatoms. The molecule has 2 rings (SSSR count). The third kappa shape index (κ3) is 5.39. The molecule has 0 aliphatic carbocycles. The van der Waals surface area contributed by atoms with E-state index in [0.29, 0.717) is 10.7 Å². The van der Waals surface area contributed by atoms with Crippen molar-refractivity contribution in [1.82, 2.24) is 0 Å². The average Bonchev–Trinajstić information content (AvgIpc) is 2.89. The first kappa shape index (κ1) is 19.1. The van der Waals surface area contributed by atoms with Gasteiger partial charge in [-0.25, -0.2) is 9.59 Å². The van der Waals surface area contributed by atoms with Gasteiger partial charge in [-0.15, -0.1) is 0 Å². The standard InChI is InChI=1S/C18H23ClN2O4/c1-24-17(22)12-15(18(23)25-2)20-13-7-8-16(14(19)11-13)21-9-5-3-4-6-10-21/h7-8,11-12,20H,3-6,9-10H2,1-2H3/b15-12+. The highest BCUT2D eigenvalue weighted by Crippen LogP contribution is 2.31. The molecule has 0 amide bonds. The largest absolute Gasteiger partial charge is 0.466 e. The van der Waals surface area contributed by atoms with Crippen LogP contribution in [-0.2, 0) is 19.1 Å². The highest BCUT2D eigenvalue weighted by atomic mass is 35.5. The summed E-state index contributed by atoms with van der Waals surface area (Å²) in [6.07, 6.45) is 5.85. The van der Waals surface area contributed by atoms with Crippen LogP contribution in [0.1, 0.15) is 25.7 Å². The fraction of sp³-hybridized carbons (Fsp3) is 0.444. The number of rotatable bonds is 5. The smallest absolute Gasteiger partial charge is 0.354 e. The van der Waals surface area contributed by atoms with E-state index in [2.05, 4.69) is 19.7 Å². The fourth-order valence-electron chi connectivity index (χ4n) is 2.74. The third-order valence-corrected chi connectivity index (χ3v) is 4.34. The summed E-state index contributed by atoms with van der Waals surface area (Å²) in [5.41, 5.74) is 1.54. The summed E-state index contributed by atoms with van der Waals surface area (Å²) in [6.45, 7) is 1.98. The van der Waals surface area contributed by atoms with Gasteiger partial charge in [0.2, 0.25) is 0 Å². The molecule has 1 saturated heterocycles. The van der Waals surface area contributed by atoms with E-state index < -0.39 is 11.9 Å². The second-order valence-corrected chi connectivity index (χ2v) is 6.17. The Morgan fingerprint density at radius 1 is 1.12 bits per heavy atom. The van der Waals surface area contributed by atoms with Gasteiger partial charge in [-0.3, -0.25) is 0 Å². The van der Waals surface area contributed by atoms with E-state index >= 15 is 0 Å². The van der Waals surface area contributed by atoms with Crippen LogP contribution >= 0.6 is 11.6 Å². The molecule has 0 bridgehead atoms. The van der Waals surface area contributed by atoms with Gasteiger partial charge in [-0.1, -0.05) is 24.4 Å². The SMILES string of the molecule is COC(=O)/C=C(/Nc1ccc(N2CCCCCC2)c(Cl)c1)C(=O)OC. The van der Waals surface area contributed by atoms with Crippen LogP contribution in [0.2, 0.25) is 5.02 Å². The lowest BCUT2D eigenvalue weighted by molar-refractivity contribution is -0.138. The first-order valence-electron chi connectivity index (χ1n) is 8.24. The molecule has 1 heterocycles. The lowest BCUT2D eigenvalue weighted by Crippen LogP contribution is -2.24. The number of carbonyl (C=O) groups excluding carboxylic acids is 2. The fourth-order valence-corrected chi connectivity index (χ4v) is 3.04. The summed E-state index contributed by atoms with van der Waals surface area (Å²) in [7, 11) is 2.48. The normalized spacial score (nSPS) is 15.3. The first-order valence-corrected chi connectivity index (χ1v) is 8.62. The van der Waals surface area contributed by atoms with Crippen molar-refractivity contribution in [3.05, 3.63) is 35.0 Å². The van der Waals surface area contributed by atoms with Crippen molar-refractivity contribution in [1.29, 1.82) is 0 Å². The molecule has 25 heavy (non-hydrogen) atoms. The number of nitrogens with one attached hydrogen (secondary N) is 1. The minimum Gasteiger partial charge on any atom is -0.466 e.